The summed E-state index contributed by atoms with van der Waals surface area (Å²) in [5.41, 5.74) is 0. The van der Waals surface area contributed by atoms with Crippen LogP contribution in [0.2, 0.25) is 0 Å². The first-order chi connectivity index (χ1) is 8.33. The van der Waals surface area contributed by atoms with E-state index in [1.807, 2.05) is 0 Å². The molecule has 2 heterocycles. The Morgan fingerprint density at radius 2 is 1.82 bits per heavy atom. The maximum atomic E-state index is 12.0. The molecule has 0 N–H and O–H groups in total. The van der Waals surface area contributed by atoms with Gasteiger partial charge in [-0.05, 0) is 25.2 Å². The summed E-state index contributed by atoms with van der Waals surface area (Å²) in [6, 6.07) is 0. The number of carbonyl (C=O) groups excluding carboxylic acids is 1. The van der Waals surface area contributed by atoms with Crippen LogP contribution >= 0.6 is 0 Å². The quantitative estimate of drug-likeness (QED) is 0.540. The lowest BCUT2D eigenvalue weighted by Crippen LogP contribution is -2.30. The van der Waals surface area contributed by atoms with Gasteiger partial charge in [0.1, 0.15) is 12.7 Å². The average Bonchev–Trinajstić information content (AvgIpc) is 3.21. The molecule has 0 radical (unpaired) electrons. The summed E-state index contributed by atoms with van der Waals surface area (Å²) in [6.07, 6.45) is 6.17. The fourth-order valence-electron chi connectivity index (χ4n) is 2.79. The van der Waals surface area contributed by atoms with E-state index >= 15 is 0 Å². The number of epoxide rings is 2. The summed E-state index contributed by atoms with van der Waals surface area (Å²) in [6.45, 7) is 2.08. The van der Waals surface area contributed by atoms with E-state index < -0.39 is 0 Å². The van der Waals surface area contributed by atoms with E-state index in [0.29, 0.717) is 18.6 Å². The van der Waals surface area contributed by atoms with Crippen LogP contribution in [0.1, 0.15) is 32.1 Å². The molecule has 2 aliphatic heterocycles. The fraction of sp³-hybridized carbons (Fsp3) is 0.923. The van der Waals surface area contributed by atoms with Gasteiger partial charge in [0.15, 0.2) is 0 Å². The predicted molar refractivity (Wildman–Crippen MR) is 60.5 cm³/mol. The van der Waals surface area contributed by atoms with Crippen molar-refractivity contribution in [3.8, 4) is 0 Å². The predicted octanol–water partition coefficient (Wildman–Crippen LogP) is 1.52. The Kier molecular flexibility index (Phi) is 3.34. The smallest absolute Gasteiger partial charge is 0.309 e. The van der Waals surface area contributed by atoms with Gasteiger partial charge < -0.3 is 14.2 Å². The van der Waals surface area contributed by atoms with Crippen LogP contribution in [0.5, 0.6) is 0 Å². The Bertz CT molecular complexity index is 283. The highest BCUT2D eigenvalue weighted by Crippen LogP contribution is 2.36. The zero-order valence-electron chi connectivity index (χ0n) is 10.1. The zero-order chi connectivity index (χ0) is 11.7. The molecule has 4 unspecified atom stereocenters. The van der Waals surface area contributed by atoms with Gasteiger partial charge in [-0.25, -0.2) is 0 Å². The van der Waals surface area contributed by atoms with Crippen LogP contribution in [0.15, 0.2) is 0 Å². The van der Waals surface area contributed by atoms with Crippen molar-refractivity contribution in [1.82, 2.24) is 0 Å². The third-order valence-corrected chi connectivity index (χ3v) is 3.99. The van der Waals surface area contributed by atoms with Crippen LogP contribution in [0.3, 0.4) is 0 Å². The molecule has 4 heteroatoms. The maximum absolute atomic E-state index is 12.0. The first-order valence-corrected chi connectivity index (χ1v) is 6.73. The molecule has 3 fully saturated rings. The van der Waals surface area contributed by atoms with Crippen LogP contribution in [-0.4, -0.2) is 38.0 Å². The van der Waals surface area contributed by atoms with Crippen molar-refractivity contribution in [1.29, 1.82) is 0 Å². The molecular weight excluding hydrogens is 220 g/mol. The van der Waals surface area contributed by atoms with Gasteiger partial charge in [-0.2, -0.15) is 0 Å². The number of carbonyl (C=O) groups is 1. The van der Waals surface area contributed by atoms with E-state index in [-0.39, 0.29) is 18.0 Å². The van der Waals surface area contributed by atoms with E-state index in [9.17, 15) is 4.79 Å². The Balaban J connectivity index is 1.50. The summed E-state index contributed by atoms with van der Waals surface area (Å²) >= 11 is 0. The number of ether oxygens (including phenoxy) is 3. The fourth-order valence-corrected chi connectivity index (χ4v) is 2.79. The molecule has 0 aromatic heterocycles. The van der Waals surface area contributed by atoms with Crippen molar-refractivity contribution in [3.63, 3.8) is 0 Å². The minimum atomic E-state index is -0.00847. The van der Waals surface area contributed by atoms with E-state index in [1.54, 1.807) is 0 Å². The van der Waals surface area contributed by atoms with Crippen molar-refractivity contribution in [2.45, 2.75) is 44.3 Å². The molecule has 0 aromatic carbocycles. The minimum Gasteiger partial charge on any atom is -0.463 e. The van der Waals surface area contributed by atoms with Crippen LogP contribution < -0.4 is 0 Å². The van der Waals surface area contributed by atoms with Crippen molar-refractivity contribution < 1.29 is 19.0 Å². The minimum absolute atomic E-state index is 0.00847. The lowest BCUT2D eigenvalue weighted by Gasteiger charge is -2.29. The highest BCUT2D eigenvalue weighted by molar-refractivity contribution is 5.73. The molecule has 1 aliphatic carbocycles. The molecule has 3 aliphatic rings. The van der Waals surface area contributed by atoms with Gasteiger partial charge in [-0.3, -0.25) is 4.79 Å². The van der Waals surface area contributed by atoms with Gasteiger partial charge in [0.05, 0.1) is 25.2 Å². The summed E-state index contributed by atoms with van der Waals surface area (Å²) in [4.78, 5) is 12.0. The van der Waals surface area contributed by atoms with Crippen molar-refractivity contribution in [3.05, 3.63) is 0 Å². The van der Waals surface area contributed by atoms with Gasteiger partial charge in [0.25, 0.3) is 0 Å². The molecule has 17 heavy (non-hydrogen) atoms. The molecule has 0 aromatic rings. The van der Waals surface area contributed by atoms with E-state index in [2.05, 4.69) is 0 Å². The standard InChI is InChI=1S/C13H20O4/c14-13(17-8-11-7-16-11)12-4-2-1-3-9(12)5-10-6-15-10/h9-12H,1-8H2. The van der Waals surface area contributed by atoms with E-state index in [1.165, 1.54) is 6.42 Å². The number of hydrogen-bond acceptors (Lipinski definition) is 4. The molecule has 3 rings (SSSR count). The van der Waals surface area contributed by atoms with Crippen LogP contribution in [0.4, 0.5) is 0 Å². The molecule has 0 bridgehead atoms. The Hall–Kier alpha value is -0.610. The average molecular weight is 240 g/mol. The third kappa shape index (κ3) is 3.19. The summed E-state index contributed by atoms with van der Waals surface area (Å²) in [5, 5.41) is 0. The zero-order valence-corrected chi connectivity index (χ0v) is 10.1. The second-order valence-electron chi connectivity index (χ2n) is 5.43. The van der Waals surface area contributed by atoms with Gasteiger partial charge in [0.2, 0.25) is 0 Å². The topological polar surface area (TPSA) is 51.4 Å². The first-order valence-electron chi connectivity index (χ1n) is 6.73. The lowest BCUT2D eigenvalue weighted by molar-refractivity contribution is -0.152. The van der Waals surface area contributed by atoms with Crippen molar-refractivity contribution in [2.24, 2.45) is 11.8 Å². The molecule has 0 amide bonds. The number of rotatable bonds is 5. The Morgan fingerprint density at radius 3 is 2.53 bits per heavy atom. The maximum Gasteiger partial charge on any atom is 0.309 e. The second-order valence-corrected chi connectivity index (χ2v) is 5.43. The van der Waals surface area contributed by atoms with E-state index in [4.69, 9.17) is 14.2 Å². The van der Waals surface area contributed by atoms with Gasteiger partial charge in [-0.1, -0.05) is 12.8 Å². The third-order valence-electron chi connectivity index (χ3n) is 3.99. The highest BCUT2D eigenvalue weighted by Gasteiger charge is 2.37. The molecule has 2 saturated heterocycles. The molecule has 4 atom stereocenters. The molecule has 0 spiro atoms. The molecular formula is C13H20O4. The summed E-state index contributed by atoms with van der Waals surface area (Å²) in [7, 11) is 0. The lowest BCUT2D eigenvalue weighted by atomic mass is 9.77. The largest absolute Gasteiger partial charge is 0.463 e. The Labute approximate surface area is 102 Å². The van der Waals surface area contributed by atoms with Crippen LogP contribution in [0.25, 0.3) is 0 Å². The highest BCUT2D eigenvalue weighted by atomic mass is 16.6. The van der Waals surface area contributed by atoms with Crippen LogP contribution in [0, 0.1) is 11.8 Å². The molecule has 1 saturated carbocycles. The summed E-state index contributed by atoms with van der Waals surface area (Å²) in [5.74, 6) is 0.571. The number of esters is 1. The van der Waals surface area contributed by atoms with Crippen molar-refractivity contribution in [2.75, 3.05) is 19.8 Å². The SMILES string of the molecule is O=C(OCC1CO1)C1CCCCC1CC1CO1. The van der Waals surface area contributed by atoms with Gasteiger partial charge >= 0.3 is 5.97 Å². The monoisotopic (exact) mass is 240 g/mol. The normalized spacial score (nSPS) is 39.8. The van der Waals surface area contributed by atoms with E-state index in [0.717, 1.165) is 38.9 Å². The second kappa shape index (κ2) is 4.94. The number of hydrogen-bond donors (Lipinski definition) is 0. The molecule has 4 nitrogen and oxygen atoms in total. The summed E-state index contributed by atoms with van der Waals surface area (Å²) < 4.78 is 15.7. The first kappa shape index (κ1) is 11.5. The van der Waals surface area contributed by atoms with Gasteiger partial charge in [-0.15, -0.1) is 0 Å². The van der Waals surface area contributed by atoms with Crippen molar-refractivity contribution >= 4 is 5.97 Å². The van der Waals surface area contributed by atoms with Gasteiger partial charge in [0, 0.05) is 0 Å². The molecule has 96 valence electrons. The van der Waals surface area contributed by atoms with Crippen LogP contribution in [-0.2, 0) is 19.0 Å². The Morgan fingerprint density at radius 1 is 1.12 bits per heavy atom.